The van der Waals surface area contributed by atoms with Crippen molar-refractivity contribution in [2.45, 2.75) is 13.3 Å². The van der Waals surface area contributed by atoms with Crippen LogP contribution in [0.4, 0.5) is 10.2 Å². The number of carbonyl (C=O) groups is 1. The molecule has 0 atom stereocenters. The monoisotopic (exact) mass is 340 g/mol. The molecule has 0 amide bonds. The first-order valence-corrected chi connectivity index (χ1v) is 8.10. The molecule has 0 saturated carbocycles. The lowest BCUT2D eigenvalue weighted by Gasteiger charge is -2.11. The van der Waals surface area contributed by atoms with Gasteiger partial charge in [-0.15, -0.1) is 0 Å². The number of benzene rings is 1. The van der Waals surface area contributed by atoms with Gasteiger partial charge in [0.15, 0.2) is 5.65 Å². The van der Waals surface area contributed by atoms with E-state index in [9.17, 15) is 9.18 Å². The van der Waals surface area contributed by atoms with Crippen LogP contribution in [0.2, 0.25) is 0 Å². The molecule has 0 spiro atoms. The van der Waals surface area contributed by atoms with Gasteiger partial charge in [-0.3, -0.25) is 4.79 Å². The molecular weight excluding hydrogens is 322 g/mol. The number of hydrogen-bond donors (Lipinski definition) is 1. The fourth-order valence-corrected chi connectivity index (χ4v) is 2.53. The highest BCUT2D eigenvalue weighted by Crippen LogP contribution is 2.24. The molecule has 0 aliphatic heterocycles. The van der Waals surface area contributed by atoms with Gasteiger partial charge in [0.1, 0.15) is 19.5 Å². The quantitative estimate of drug-likeness (QED) is 0.539. The van der Waals surface area contributed by atoms with Gasteiger partial charge in [-0.1, -0.05) is 12.1 Å². The number of hydrogen-bond acceptors (Lipinski definition) is 5. The number of anilines is 1. The van der Waals surface area contributed by atoms with Crippen LogP contribution in [0.5, 0.6) is 0 Å². The summed E-state index contributed by atoms with van der Waals surface area (Å²) < 4.78 is 20.7. The highest BCUT2D eigenvalue weighted by molar-refractivity contribution is 6.36. The van der Waals surface area contributed by atoms with Gasteiger partial charge in [0.05, 0.1) is 18.7 Å². The van der Waals surface area contributed by atoms with Crippen LogP contribution in [0.3, 0.4) is 0 Å². The first-order chi connectivity index (χ1) is 12.1. The third-order valence-corrected chi connectivity index (χ3v) is 3.74. The topological polar surface area (TPSA) is 68.5 Å². The molecule has 1 N–H and O–H groups in total. The minimum atomic E-state index is -0.339. The number of ether oxygens (including phenoxy) is 1. The van der Waals surface area contributed by atoms with E-state index < -0.39 is 0 Å². The van der Waals surface area contributed by atoms with Crippen molar-refractivity contribution in [2.75, 3.05) is 18.5 Å². The van der Waals surface area contributed by atoms with Gasteiger partial charge < -0.3 is 10.1 Å². The molecule has 2 aromatic heterocycles. The lowest BCUT2D eigenvalue weighted by molar-refractivity contribution is -0.142. The molecule has 0 saturated heterocycles. The molecule has 1 aromatic carbocycles. The van der Waals surface area contributed by atoms with Crippen molar-refractivity contribution in [3.63, 3.8) is 0 Å². The Bertz CT molecular complexity index is 913. The van der Waals surface area contributed by atoms with Crippen molar-refractivity contribution in [2.24, 2.45) is 0 Å². The van der Waals surface area contributed by atoms with E-state index in [1.165, 1.54) is 6.07 Å². The van der Waals surface area contributed by atoms with E-state index in [0.29, 0.717) is 35.9 Å². The van der Waals surface area contributed by atoms with Gasteiger partial charge in [0, 0.05) is 24.4 Å². The maximum Gasteiger partial charge on any atom is 0.307 e. The van der Waals surface area contributed by atoms with Crippen molar-refractivity contribution >= 4 is 30.7 Å². The van der Waals surface area contributed by atoms with Crippen molar-refractivity contribution in [1.29, 1.82) is 0 Å². The minimum absolute atomic E-state index is 0.229. The average molecular weight is 340 g/mol. The number of carbonyl (C=O) groups excluding carboxylic acids is 1. The summed E-state index contributed by atoms with van der Waals surface area (Å²) in [5.74, 6) is 0.0286. The number of rotatable bonds is 6. The summed E-state index contributed by atoms with van der Waals surface area (Å²) in [7, 11) is 1.89. The van der Waals surface area contributed by atoms with E-state index in [1.54, 1.807) is 41.9 Å². The molecule has 0 fully saturated rings. The maximum absolute atomic E-state index is 14.1. The fourth-order valence-electron chi connectivity index (χ4n) is 2.53. The van der Waals surface area contributed by atoms with E-state index >= 15 is 0 Å². The summed E-state index contributed by atoms with van der Waals surface area (Å²) >= 11 is 0. The molecule has 8 heteroatoms. The van der Waals surface area contributed by atoms with Crippen LogP contribution < -0.4 is 10.8 Å². The van der Waals surface area contributed by atoms with Crippen molar-refractivity contribution < 1.29 is 13.9 Å². The standard InChI is InChI=1S/C17H18BFN4O2/c1-2-25-16(24)7-8-20-15-9-14(11-5-3-4-6-13(11)19)22-17-12(18)10-21-23(15)17/h3-6,9-10,20H,2,7-8,18H2,1H3. The largest absolute Gasteiger partial charge is 0.466 e. The molecule has 25 heavy (non-hydrogen) atoms. The molecule has 3 aromatic rings. The molecule has 0 unspecified atom stereocenters. The molecule has 128 valence electrons. The Morgan fingerprint density at radius 3 is 2.96 bits per heavy atom. The smallest absolute Gasteiger partial charge is 0.307 e. The van der Waals surface area contributed by atoms with E-state index in [2.05, 4.69) is 15.4 Å². The van der Waals surface area contributed by atoms with Gasteiger partial charge in [-0.05, 0) is 24.5 Å². The number of aromatic nitrogens is 3. The van der Waals surface area contributed by atoms with Crippen molar-refractivity contribution in [1.82, 2.24) is 14.6 Å². The average Bonchev–Trinajstić information content (AvgIpc) is 2.97. The van der Waals surface area contributed by atoms with Crippen molar-refractivity contribution in [3.05, 3.63) is 42.3 Å². The van der Waals surface area contributed by atoms with E-state index in [4.69, 9.17) is 4.74 Å². The summed E-state index contributed by atoms with van der Waals surface area (Å²) in [5, 5.41) is 7.45. The number of halogens is 1. The van der Waals surface area contributed by atoms with Gasteiger partial charge in [0.25, 0.3) is 0 Å². The molecular formula is C17H18BFN4O2. The molecule has 0 radical (unpaired) electrons. The molecule has 3 rings (SSSR count). The first kappa shape index (κ1) is 16.9. The van der Waals surface area contributed by atoms with Crippen LogP contribution in [-0.2, 0) is 9.53 Å². The van der Waals surface area contributed by atoms with Crippen LogP contribution in [0.1, 0.15) is 13.3 Å². The van der Waals surface area contributed by atoms with Crippen LogP contribution in [-0.4, -0.2) is 41.6 Å². The van der Waals surface area contributed by atoms with Crippen LogP contribution >= 0.6 is 0 Å². The second kappa shape index (κ2) is 7.33. The van der Waals surface area contributed by atoms with Crippen LogP contribution in [0.25, 0.3) is 16.9 Å². The fraction of sp³-hybridized carbons (Fsp3) is 0.235. The molecule has 2 heterocycles. The normalized spacial score (nSPS) is 10.8. The highest BCUT2D eigenvalue weighted by Gasteiger charge is 2.13. The Morgan fingerprint density at radius 1 is 1.40 bits per heavy atom. The zero-order valence-corrected chi connectivity index (χ0v) is 14.1. The number of esters is 1. The van der Waals surface area contributed by atoms with E-state index in [-0.39, 0.29) is 18.2 Å². The number of fused-ring (bicyclic) bond motifs is 1. The SMILES string of the molecule is Bc1cnn2c(NCCC(=O)OCC)cc(-c3ccccc3F)nc12. The molecule has 0 bridgehead atoms. The number of nitrogens with zero attached hydrogens (tertiary/aromatic N) is 3. The predicted octanol–water partition coefficient (Wildman–Crippen LogP) is 1.16. The second-order valence-electron chi connectivity index (χ2n) is 5.55. The molecule has 0 aliphatic carbocycles. The zero-order valence-electron chi connectivity index (χ0n) is 14.1. The molecule has 0 aliphatic rings. The van der Waals surface area contributed by atoms with E-state index in [1.807, 2.05) is 7.85 Å². The Hall–Kier alpha value is -2.90. The first-order valence-electron chi connectivity index (χ1n) is 8.10. The summed E-state index contributed by atoms with van der Waals surface area (Å²) in [6.07, 6.45) is 1.93. The predicted molar refractivity (Wildman–Crippen MR) is 96.3 cm³/mol. The zero-order chi connectivity index (χ0) is 17.8. The van der Waals surface area contributed by atoms with Crippen molar-refractivity contribution in [3.8, 4) is 11.3 Å². The van der Waals surface area contributed by atoms with Gasteiger partial charge >= 0.3 is 5.97 Å². The van der Waals surface area contributed by atoms with Gasteiger partial charge in [0.2, 0.25) is 0 Å². The third-order valence-electron chi connectivity index (χ3n) is 3.74. The Balaban J connectivity index is 1.94. The van der Waals surface area contributed by atoms with Crippen LogP contribution in [0, 0.1) is 5.82 Å². The summed E-state index contributed by atoms with van der Waals surface area (Å²) in [4.78, 5) is 16.0. The lowest BCUT2D eigenvalue weighted by Crippen LogP contribution is -2.14. The highest BCUT2D eigenvalue weighted by atomic mass is 19.1. The lowest BCUT2D eigenvalue weighted by atomic mass is 10.0. The second-order valence-corrected chi connectivity index (χ2v) is 5.55. The molecule has 6 nitrogen and oxygen atoms in total. The van der Waals surface area contributed by atoms with Gasteiger partial charge in [-0.2, -0.15) is 9.61 Å². The van der Waals surface area contributed by atoms with Gasteiger partial charge in [-0.25, -0.2) is 9.37 Å². The maximum atomic E-state index is 14.1. The summed E-state index contributed by atoms with van der Waals surface area (Å²) in [5.41, 5.74) is 2.44. The Labute approximate surface area is 145 Å². The Kier molecular flexibility index (Phi) is 4.97. The third kappa shape index (κ3) is 3.62. The van der Waals surface area contributed by atoms with Crippen LogP contribution in [0.15, 0.2) is 36.5 Å². The number of nitrogens with one attached hydrogen (secondary N) is 1. The summed E-state index contributed by atoms with van der Waals surface area (Å²) in [6, 6.07) is 8.21. The summed E-state index contributed by atoms with van der Waals surface area (Å²) in [6.45, 7) is 2.51. The minimum Gasteiger partial charge on any atom is -0.466 e. The van der Waals surface area contributed by atoms with E-state index in [0.717, 1.165) is 5.46 Å². The Morgan fingerprint density at radius 2 is 2.20 bits per heavy atom.